The van der Waals surface area contributed by atoms with Gasteiger partial charge >= 0.3 is 10.2 Å². The molecule has 0 spiro atoms. The molecule has 21 heavy (non-hydrogen) atoms. The van der Waals surface area contributed by atoms with Crippen LogP contribution in [0.4, 0.5) is 9.57 Å². The van der Waals surface area contributed by atoms with Crippen LogP contribution >= 0.6 is 0 Å². The zero-order chi connectivity index (χ0) is 15.2. The molecule has 1 amide bonds. The highest BCUT2D eigenvalue weighted by Gasteiger charge is 2.39. The third kappa shape index (κ3) is 2.40. The third-order valence-corrected chi connectivity index (χ3v) is 4.54. The first kappa shape index (κ1) is 13.7. The second-order valence-corrected chi connectivity index (χ2v) is 6.36. The van der Waals surface area contributed by atoms with Crippen molar-refractivity contribution in [1.82, 2.24) is 9.97 Å². The van der Waals surface area contributed by atoms with Crippen LogP contribution in [0, 0.1) is 0 Å². The smallest absolute Gasteiger partial charge is 0.307 e. The molecule has 2 aromatic rings. The molecular formula is C12H10FN3O4S. The Morgan fingerprint density at radius 1 is 1.33 bits per heavy atom. The average molecular weight is 311 g/mol. The number of amides is 1. The van der Waals surface area contributed by atoms with E-state index in [-0.39, 0.29) is 17.5 Å². The molecule has 7 nitrogen and oxygen atoms in total. The number of anilines is 1. The van der Waals surface area contributed by atoms with Gasteiger partial charge in [-0.05, 0) is 18.2 Å². The lowest BCUT2D eigenvalue weighted by atomic mass is 10.2. The van der Waals surface area contributed by atoms with Crippen LogP contribution in [0.5, 0.6) is 0 Å². The number of rotatable bonds is 2. The van der Waals surface area contributed by atoms with Gasteiger partial charge in [0, 0.05) is 18.7 Å². The Bertz CT molecular complexity index is 893. The third-order valence-electron chi connectivity index (χ3n) is 3.42. The fourth-order valence-corrected chi connectivity index (χ4v) is 3.01. The summed E-state index contributed by atoms with van der Waals surface area (Å²) in [4.78, 5) is 31.1. The quantitative estimate of drug-likeness (QED) is 0.805. The largest absolute Gasteiger partial charge is 0.313 e. The number of carbonyl (C=O) groups excluding carboxylic acids is 1. The minimum absolute atomic E-state index is 0.263. The molecule has 0 aliphatic carbocycles. The Hall–Kier alpha value is -2.29. The lowest BCUT2D eigenvalue weighted by Gasteiger charge is -2.16. The predicted molar refractivity (Wildman–Crippen MR) is 73.1 cm³/mol. The first-order valence-corrected chi connectivity index (χ1v) is 7.52. The molecule has 1 aromatic heterocycles. The van der Waals surface area contributed by atoms with E-state index in [1.54, 1.807) is 12.1 Å². The number of H-pyrrole nitrogens is 1. The Kier molecular flexibility index (Phi) is 3.01. The van der Waals surface area contributed by atoms with E-state index in [2.05, 4.69) is 9.97 Å². The number of fused-ring (bicyclic) bond motifs is 1. The fourth-order valence-electron chi connectivity index (χ4n) is 2.34. The monoisotopic (exact) mass is 311 g/mol. The Morgan fingerprint density at radius 2 is 2.10 bits per heavy atom. The standard InChI is InChI=1S/C12H10FN3O4S/c13-21(19,20)8-4-11(17)16(5-8)7-1-2-10-9(3-7)12(18)15-6-14-10/h1-3,6,8H,4-5H2,(H,14,15,18). The molecular weight excluding hydrogens is 301 g/mol. The maximum atomic E-state index is 13.0. The highest BCUT2D eigenvalue weighted by atomic mass is 32.3. The number of benzene rings is 1. The summed E-state index contributed by atoms with van der Waals surface area (Å²) in [7, 11) is -4.77. The van der Waals surface area contributed by atoms with Crippen LogP contribution < -0.4 is 10.5 Å². The Labute approximate surface area is 118 Å². The van der Waals surface area contributed by atoms with Crippen molar-refractivity contribution in [2.24, 2.45) is 0 Å². The van der Waals surface area contributed by atoms with E-state index in [9.17, 15) is 21.9 Å². The van der Waals surface area contributed by atoms with E-state index in [0.717, 1.165) is 4.90 Å². The van der Waals surface area contributed by atoms with Crippen molar-refractivity contribution in [1.29, 1.82) is 0 Å². The number of nitrogens with zero attached hydrogens (tertiary/aromatic N) is 2. The molecule has 0 bridgehead atoms. The maximum Gasteiger partial charge on any atom is 0.307 e. The first-order chi connectivity index (χ1) is 9.86. The van der Waals surface area contributed by atoms with E-state index >= 15 is 0 Å². The summed E-state index contributed by atoms with van der Waals surface area (Å²) in [5.74, 6) is -0.499. The highest BCUT2D eigenvalue weighted by molar-refractivity contribution is 7.87. The number of carbonyl (C=O) groups is 1. The SMILES string of the molecule is O=C1CC(S(=O)(=O)F)CN1c1ccc2nc[nH]c(=O)c2c1. The molecule has 1 unspecified atom stereocenters. The molecule has 2 heterocycles. The van der Waals surface area contributed by atoms with Crippen LogP contribution in [0.2, 0.25) is 0 Å². The molecule has 1 fully saturated rings. The van der Waals surface area contributed by atoms with Gasteiger partial charge in [0.1, 0.15) is 5.25 Å². The summed E-state index contributed by atoms with van der Waals surface area (Å²) in [6, 6.07) is 4.52. The number of aromatic nitrogens is 2. The Morgan fingerprint density at radius 3 is 2.76 bits per heavy atom. The molecule has 9 heteroatoms. The molecule has 1 N–H and O–H groups in total. The van der Waals surface area contributed by atoms with Crippen LogP contribution in [0.25, 0.3) is 10.9 Å². The highest BCUT2D eigenvalue weighted by Crippen LogP contribution is 2.27. The van der Waals surface area contributed by atoms with Crippen molar-refractivity contribution in [3.05, 3.63) is 34.9 Å². The number of nitrogens with one attached hydrogen (secondary N) is 1. The summed E-state index contributed by atoms with van der Waals surface area (Å²) in [5.41, 5.74) is 0.420. The van der Waals surface area contributed by atoms with Crippen molar-refractivity contribution in [2.75, 3.05) is 11.4 Å². The Balaban J connectivity index is 2.03. The topological polar surface area (TPSA) is 100 Å². The number of aromatic amines is 1. The van der Waals surface area contributed by atoms with Crippen molar-refractivity contribution < 1.29 is 17.1 Å². The molecule has 1 atom stereocenters. The number of hydrogen-bond donors (Lipinski definition) is 1. The van der Waals surface area contributed by atoms with Gasteiger partial charge < -0.3 is 9.88 Å². The van der Waals surface area contributed by atoms with E-state index in [1.807, 2.05) is 0 Å². The van der Waals surface area contributed by atoms with Crippen molar-refractivity contribution in [3.63, 3.8) is 0 Å². The average Bonchev–Trinajstić information content (AvgIpc) is 2.81. The van der Waals surface area contributed by atoms with Gasteiger partial charge in [0.15, 0.2) is 0 Å². The van der Waals surface area contributed by atoms with Gasteiger partial charge in [-0.1, -0.05) is 0 Å². The molecule has 110 valence electrons. The zero-order valence-electron chi connectivity index (χ0n) is 10.6. The van der Waals surface area contributed by atoms with Gasteiger partial charge in [-0.25, -0.2) is 4.98 Å². The van der Waals surface area contributed by atoms with E-state index in [4.69, 9.17) is 0 Å². The van der Waals surface area contributed by atoms with E-state index in [0.29, 0.717) is 11.2 Å². The van der Waals surface area contributed by atoms with Gasteiger partial charge in [0.2, 0.25) is 5.91 Å². The van der Waals surface area contributed by atoms with E-state index < -0.39 is 27.8 Å². The lowest BCUT2D eigenvalue weighted by molar-refractivity contribution is -0.117. The van der Waals surface area contributed by atoms with Crippen LogP contribution in [0.15, 0.2) is 29.3 Å². The first-order valence-electron chi connectivity index (χ1n) is 6.07. The summed E-state index contributed by atoms with van der Waals surface area (Å²) >= 11 is 0. The molecule has 3 rings (SSSR count). The number of hydrogen-bond acceptors (Lipinski definition) is 5. The number of halogens is 1. The maximum absolute atomic E-state index is 13.0. The molecule has 1 aromatic carbocycles. The predicted octanol–water partition coefficient (Wildman–Crippen LogP) is 0.328. The molecule has 1 saturated heterocycles. The minimum Gasteiger partial charge on any atom is -0.313 e. The molecule has 0 saturated carbocycles. The van der Waals surface area contributed by atoms with Gasteiger partial charge in [0.25, 0.3) is 5.56 Å². The summed E-state index contributed by atoms with van der Waals surface area (Å²) in [6.45, 7) is -0.263. The van der Waals surface area contributed by atoms with Crippen LogP contribution in [0.3, 0.4) is 0 Å². The van der Waals surface area contributed by atoms with Crippen LogP contribution in [-0.4, -0.2) is 36.1 Å². The zero-order valence-corrected chi connectivity index (χ0v) is 11.4. The summed E-state index contributed by atoms with van der Waals surface area (Å²) in [5, 5.41) is -1.10. The summed E-state index contributed by atoms with van der Waals surface area (Å²) in [6.07, 6.45) is 0.858. The van der Waals surface area contributed by atoms with Crippen LogP contribution in [0.1, 0.15) is 6.42 Å². The van der Waals surface area contributed by atoms with E-state index in [1.165, 1.54) is 12.4 Å². The van der Waals surface area contributed by atoms with Crippen molar-refractivity contribution >= 4 is 32.7 Å². The minimum atomic E-state index is -4.77. The fraction of sp³-hybridized carbons (Fsp3) is 0.250. The molecule has 0 radical (unpaired) electrons. The van der Waals surface area contributed by atoms with Gasteiger partial charge in [0.05, 0.1) is 17.2 Å². The van der Waals surface area contributed by atoms with Crippen molar-refractivity contribution in [2.45, 2.75) is 11.7 Å². The lowest BCUT2D eigenvalue weighted by Crippen LogP contribution is -2.27. The van der Waals surface area contributed by atoms with Crippen LogP contribution in [-0.2, 0) is 15.0 Å². The van der Waals surface area contributed by atoms with Gasteiger partial charge in [-0.3, -0.25) is 9.59 Å². The second kappa shape index (κ2) is 4.62. The second-order valence-electron chi connectivity index (χ2n) is 4.74. The molecule has 1 aliphatic heterocycles. The molecule has 1 aliphatic rings. The van der Waals surface area contributed by atoms with Gasteiger partial charge in [-0.2, -0.15) is 8.42 Å². The van der Waals surface area contributed by atoms with Gasteiger partial charge in [-0.15, -0.1) is 3.89 Å². The van der Waals surface area contributed by atoms with Crippen molar-refractivity contribution in [3.8, 4) is 0 Å². The summed E-state index contributed by atoms with van der Waals surface area (Å²) < 4.78 is 34.8. The normalized spacial score (nSPS) is 19.4.